The van der Waals surface area contributed by atoms with Crippen molar-refractivity contribution in [3.05, 3.63) is 11.6 Å². The van der Waals surface area contributed by atoms with Crippen molar-refractivity contribution in [3.63, 3.8) is 0 Å². The van der Waals surface area contributed by atoms with Gasteiger partial charge in [0.05, 0.1) is 6.54 Å². The van der Waals surface area contributed by atoms with E-state index < -0.39 is 0 Å². The molecule has 13 heteroatoms. The van der Waals surface area contributed by atoms with Gasteiger partial charge in [-0.2, -0.15) is 0 Å². The third kappa shape index (κ3) is 263. The third-order valence-electron chi connectivity index (χ3n) is 0.256. The van der Waals surface area contributed by atoms with E-state index in [2.05, 4.69) is 5.73 Å². The Hall–Kier alpha value is 1.53. The van der Waals surface area contributed by atoms with Gasteiger partial charge in [0.25, 0.3) is 0 Å². The fraction of sp³-hybridized carbons (Fsp3) is 0.333. The van der Waals surface area contributed by atoms with Crippen LogP contribution in [0.15, 0.2) is 11.6 Å². The smallest absolute Gasteiger partial charge is 0.0938 e. The van der Waals surface area contributed by atoms with Crippen LogP contribution in [0.5, 0.6) is 0 Å². The zero-order chi connectivity index (χ0) is 4.12. The van der Waals surface area contributed by atoms with Crippen LogP contribution in [-0.2, 0) is 0 Å². The number of hydrogen-bond acceptors (Lipinski definition) is 0. The Labute approximate surface area is 140 Å². The molecule has 23 N–H and O–H groups in total. The van der Waals surface area contributed by atoms with Crippen molar-refractivity contribution in [1.29, 1.82) is 0 Å². The van der Waals surface area contributed by atoms with E-state index in [0.29, 0.717) is 0 Å². The highest BCUT2D eigenvalue weighted by molar-refractivity contribution is 6.25. The highest BCUT2D eigenvalue weighted by atomic mass is 35.5. The molecule has 0 saturated heterocycles. The zero-order valence-corrected chi connectivity index (χ0v) is 15.5. The number of rotatable bonds is 1. The van der Waals surface area contributed by atoms with E-state index in [0.717, 1.165) is 6.54 Å². The summed E-state index contributed by atoms with van der Waals surface area (Å²) in [5.41, 5.74) is 4.97. The maximum atomic E-state index is 5.08. The lowest BCUT2D eigenvalue weighted by Crippen LogP contribution is -3.00. The second-order valence-electron chi connectivity index (χ2n) is 0.650. The van der Waals surface area contributed by atoms with E-state index in [9.17, 15) is 0 Å². The van der Waals surface area contributed by atoms with Gasteiger partial charge in [0, 0.05) is 5.54 Å². The third-order valence-corrected chi connectivity index (χ3v) is 0.434. The van der Waals surface area contributed by atoms with Gasteiger partial charge in [-0.1, -0.05) is 11.6 Å². The Morgan fingerprint density at radius 1 is 0.688 bits per heavy atom. The maximum absolute atomic E-state index is 5.08. The van der Waals surface area contributed by atoms with Gasteiger partial charge >= 0.3 is 0 Å². The van der Waals surface area contributed by atoms with Crippen LogP contribution >= 0.6 is 11.6 Å². The maximum Gasteiger partial charge on any atom is 0.0938 e. The second kappa shape index (κ2) is 194. The van der Waals surface area contributed by atoms with E-state index in [-0.39, 0.29) is 105 Å². The van der Waals surface area contributed by atoms with Crippen molar-refractivity contribution >= 4 is 11.6 Å². The molecule has 0 atom stereocenters. The molecule has 0 aliphatic rings. The fourth-order valence-electron chi connectivity index (χ4n) is 0.0630. The Morgan fingerprint density at radius 3 is 0.875 bits per heavy atom. The zero-order valence-electron chi connectivity index (χ0n) is 10.2. The molecular formula is C3H27Cl7N6. The van der Waals surface area contributed by atoms with Crippen molar-refractivity contribution in [2.45, 2.75) is 0 Å². The largest absolute Gasteiger partial charge is 1.00 e. The van der Waals surface area contributed by atoms with Crippen LogP contribution < -0.4 is 111 Å². The molecule has 118 valence electrons. The van der Waals surface area contributed by atoms with Crippen LogP contribution in [0.3, 0.4) is 0 Å². The van der Waals surface area contributed by atoms with Crippen LogP contribution in [0.1, 0.15) is 0 Å². The van der Waals surface area contributed by atoms with Crippen LogP contribution in [-0.4, -0.2) is 6.54 Å². The number of hydrogen-bond donors (Lipinski definition) is 6. The van der Waals surface area contributed by atoms with Gasteiger partial charge in [-0.05, 0) is 6.08 Å². The molecule has 0 unspecified atom stereocenters. The standard InChI is InChI=1S/C3H6ClN.6ClH.5H3N/c4-2-1-3-5;;;;;;;;;;;/h1-2H,3,5H2;6*1H;5*1H3/b2-1+;;;;;;;;;;;. The van der Waals surface area contributed by atoms with Gasteiger partial charge in [0.1, 0.15) is 0 Å². The molecule has 0 rings (SSSR count). The minimum Gasteiger partial charge on any atom is -1.00 e. The van der Waals surface area contributed by atoms with Crippen LogP contribution in [0.4, 0.5) is 0 Å². The van der Waals surface area contributed by atoms with E-state index >= 15 is 0 Å². The number of halogens is 7. The van der Waals surface area contributed by atoms with Gasteiger partial charge in [-0.3, -0.25) is 0 Å². The van der Waals surface area contributed by atoms with Crippen molar-refractivity contribution < 1.29 is 80.2 Å². The summed E-state index contributed by atoms with van der Waals surface area (Å²) in [4.78, 5) is 0. The summed E-state index contributed by atoms with van der Waals surface area (Å²) in [7, 11) is 0. The normalized spacial score (nSPS) is 3.12. The molecule has 0 spiro atoms. The topological polar surface area (TPSA) is 210 Å². The summed E-state index contributed by atoms with van der Waals surface area (Å²) in [6.07, 6.45) is 1.78. The average Bonchev–Trinajstić information content (AvgIpc) is 1.41. The van der Waals surface area contributed by atoms with Crippen LogP contribution in [0.25, 0.3) is 0 Å². The van der Waals surface area contributed by atoms with Gasteiger partial charge in [0.2, 0.25) is 0 Å². The molecule has 16 heavy (non-hydrogen) atoms. The Morgan fingerprint density at radius 2 is 0.875 bits per heavy atom. The minimum atomic E-state index is 0. The summed E-state index contributed by atoms with van der Waals surface area (Å²) in [5, 5.41) is 0. The molecule has 0 aliphatic heterocycles. The lowest BCUT2D eigenvalue weighted by atomic mass is 10.7. The second-order valence-corrected chi connectivity index (χ2v) is 0.902. The minimum absolute atomic E-state index is 0. The van der Waals surface area contributed by atoms with Gasteiger partial charge < -0.3 is 111 Å². The van der Waals surface area contributed by atoms with Crippen LogP contribution in [0, 0.1) is 0 Å². The fourth-order valence-corrected chi connectivity index (χ4v) is 0.189. The lowest BCUT2D eigenvalue weighted by Gasteiger charge is -1.62. The number of quaternary nitrogens is 6. The molecule has 0 heterocycles. The predicted octanol–water partition coefficient (Wildman–Crippen LogP) is -16.1. The van der Waals surface area contributed by atoms with Crippen LogP contribution in [0.2, 0.25) is 0 Å². The monoisotopic (exact) mass is 392 g/mol. The summed E-state index contributed by atoms with van der Waals surface area (Å²) >= 11 is 5.08. The Balaban J connectivity index is -0.00000000145. The SMILES string of the molecule is [Cl-].[Cl-].[Cl-].[Cl-].[Cl-].[Cl-].[NH3+]C/C=C/Cl.[NH4+].[NH4+].[NH4+].[NH4+].[NH4+]. The molecule has 0 amide bonds. The molecular weight excluding hydrogens is 368 g/mol. The first-order valence-corrected chi connectivity index (χ1v) is 1.90. The molecule has 0 aromatic rings. The molecule has 0 aromatic carbocycles. The molecule has 0 fully saturated rings. The summed E-state index contributed by atoms with van der Waals surface area (Å²) < 4.78 is 0. The van der Waals surface area contributed by atoms with Gasteiger partial charge in [0.15, 0.2) is 0 Å². The van der Waals surface area contributed by atoms with Crippen molar-refractivity contribution in [2.75, 3.05) is 6.54 Å². The molecule has 6 nitrogen and oxygen atoms in total. The summed E-state index contributed by atoms with van der Waals surface area (Å²) in [6.45, 7) is 0.781. The highest BCUT2D eigenvalue weighted by Crippen LogP contribution is 1.69. The Bertz CT molecular complexity index is 51.1. The van der Waals surface area contributed by atoms with Crippen molar-refractivity contribution in [1.82, 2.24) is 30.8 Å². The molecule has 0 bridgehead atoms. The first kappa shape index (κ1) is 157. The van der Waals surface area contributed by atoms with E-state index in [1.165, 1.54) is 5.54 Å². The molecule has 0 aliphatic carbocycles. The average molecular weight is 395 g/mol. The molecule has 0 radical (unpaired) electrons. The summed E-state index contributed by atoms with van der Waals surface area (Å²) in [6, 6.07) is 0. The highest BCUT2D eigenvalue weighted by Gasteiger charge is 1.56. The molecule has 0 aromatic heterocycles. The van der Waals surface area contributed by atoms with E-state index in [1.807, 2.05) is 0 Å². The first-order chi connectivity index (χ1) is 2.41. The van der Waals surface area contributed by atoms with Gasteiger partial charge in [-0.15, -0.1) is 0 Å². The Kier molecular flexibility index (Phi) is 1900. The predicted molar refractivity (Wildman–Crippen MR) is 52.7 cm³/mol. The van der Waals surface area contributed by atoms with Gasteiger partial charge in [-0.25, -0.2) is 0 Å². The van der Waals surface area contributed by atoms with Crippen molar-refractivity contribution in [2.24, 2.45) is 0 Å². The van der Waals surface area contributed by atoms with E-state index in [4.69, 9.17) is 11.6 Å². The van der Waals surface area contributed by atoms with Crippen molar-refractivity contribution in [3.8, 4) is 0 Å². The first-order valence-electron chi connectivity index (χ1n) is 1.46. The lowest BCUT2D eigenvalue weighted by molar-refractivity contribution is -0.352. The quantitative estimate of drug-likeness (QED) is 0.244. The molecule has 0 saturated carbocycles. The summed E-state index contributed by atoms with van der Waals surface area (Å²) in [5.74, 6) is 0. The van der Waals surface area contributed by atoms with E-state index in [1.54, 1.807) is 6.08 Å².